The van der Waals surface area contributed by atoms with Crippen LogP contribution in [0.5, 0.6) is 0 Å². The Hall–Kier alpha value is -1.31. The lowest BCUT2D eigenvalue weighted by molar-refractivity contribution is 0.897. The molecular formula is C10H14N2. The lowest BCUT2D eigenvalue weighted by atomic mass is 10.3. The van der Waals surface area contributed by atoms with Gasteiger partial charge in [-0.2, -0.15) is 5.10 Å². The van der Waals surface area contributed by atoms with Crippen LogP contribution in [0.2, 0.25) is 0 Å². The highest BCUT2D eigenvalue weighted by atomic mass is 15.4. The summed E-state index contributed by atoms with van der Waals surface area (Å²) >= 11 is 0. The molecule has 1 rings (SSSR count). The van der Waals surface area contributed by atoms with Crippen molar-refractivity contribution in [2.45, 2.75) is 13.8 Å². The van der Waals surface area contributed by atoms with Gasteiger partial charge in [0.2, 0.25) is 0 Å². The van der Waals surface area contributed by atoms with E-state index in [0.29, 0.717) is 0 Å². The minimum atomic E-state index is 0.897. The maximum absolute atomic E-state index is 4.22. The van der Waals surface area contributed by atoms with Crippen LogP contribution >= 0.6 is 0 Å². The van der Waals surface area contributed by atoms with E-state index in [2.05, 4.69) is 24.2 Å². The Morgan fingerprint density at radius 1 is 1.33 bits per heavy atom. The molecule has 0 aliphatic rings. The first-order chi connectivity index (χ1) is 5.88. The van der Waals surface area contributed by atoms with Crippen molar-refractivity contribution in [3.63, 3.8) is 0 Å². The molecule has 2 heteroatoms. The van der Waals surface area contributed by atoms with Crippen molar-refractivity contribution in [1.82, 2.24) is 0 Å². The van der Waals surface area contributed by atoms with Crippen molar-refractivity contribution < 1.29 is 0 Å². The molecule has 0 radical (unpaired) electrons. The van der Waals surface area contributed by atoms with Gasteiger partial charge in [-0.05, 0) is 26.0 Å². The first-order valence-corrected chi connectivity index (χ1v) is 4.19. The second kappa shape index (κ2) is 4.54. The predicted octanol–water partition coefficient (Wildman–Crippen LogP) is 2.52. The smallest absolute Gasteiger partial charge is 0.0593 e. The summed E-state index contributed by atoms with van der Waals surface area (Å²) in [6, 6.07) is 10.1. The number of hydrogen-bond donors (Lipinski definition) is 0. The summed E-state index contributed by atoms with van der Waals surface area (Å²) in [5, 5.41) is 6.18. The van der Waals surface area contributed by atoms with Crippen molar-refractivity contribution in [2.75, 3.05) is 11.6 Å². The van der Waals surface area contributed by atoms with Crippen molar-refractivity contribution in [2.24, 2.45) is 5.10 Å². The van der Waals surface area contributed by atoms with Crippen molar-refractivity contribution in [3.8, 4) is 0 Å². The predicted molar refractivity (Wildman–Crippen MR) is 53.6 cm³/mol. The second-order valence-corrected chi connectivity index (χ2v) is 2.42. The van der Waals surface area contributed by atoms with Gasteiger partial charge in [-0.1, -0.05) is 18.2 Å². The highest BCUT2D eigenvalue weighted by Crippen LogP contribution is 2.12. The molecule has 12 heavy (non-hydrogen) atoms. The minimum absolute atomic E-state index is 0.897. The van der Waals surface area contributed by atoms with Gasteiger partial charge in [0.1, 0.15) is 0 Å². The van der Waals surface area contributed by atoms with Gasteiger partial charge in [0, 0.05) is 12.8 Å². The van der Waals surface area contributed by atoms with E-state index >= 15 is 0 Å². The molecule has 0 N–H and O–H groups in total. The van der Waals surface area contributed by atoms with Crippen LogP contribution in [0.3, 0.4) is 0 Å². The summed E-state index contributed by atoms with van der Waals surface area (Å²) in [6.45, 7) is 4.90. The maximum atomic E-state index is 4.22. The van der Waals surface area contributed by atoms with E-state index < -0.39 is 0 Å². The SMILES string of the molecule is CC=NN(CC)c1ccccc1. The molecule has 1 aromatic carbocycles. The van der Waals surface area contributed by atoms with Gasteiger partial charge >= 0.3 is 0 Å². The highest BCUT2D eigenvalue weighted by Gasteiger charge is 1.97. The molecule has 0 fully saturated rings. The summed E-state index contributed by atoms with van der Waals surface area (Å²) < 4.78 is 0. The molecule has 0 atom stereocenters. The number of nitrogens with zero attached hydrogens (tertiary/aromatic N) is 2. The van der Waals surface area contributed by atoms with Crippen LogP contribution in [0.1, 0.15) is 13.8 Å². The number of rotatable bonds is 3. The maximum Gasteiger partial charge on any atom is 0.0593 e. The van der Waals surface area contributed by atoms with Crippen molar-refractivity contribution in [1.29, 1.82) is 0 Å². The highest BCUT2D eigenvalue weighted by molar-refractivity contribution is 5.57. The van der Waals surface area contributed by atoms with Crippen LogP contribution in [-0.2, 0) is 0 Å². The summed E-state index contributed by atoms with van der Waals surface area (Å²) in [7, 11) is 0. The van der Waals surface area contributed by atoms with Crippen LogP contribution in [0.25, 0.3) is 0 Å². The molecule has 0 aromatic heterocycles. The van der Waals surface area contributed by atoms with Crippen molar-refractivity contribution >= 4 is 11.9 Å². The van der Waals surface area contributed by atoms with E-state index in [0.717, 1.165) is 12.2 Å². The molecule has 0 saturated carbocycles. The van der Waals surface area contributed by atoms with Crippen molar-refractivity contribution in [3.05, 3.63) is 30.3 Å². The van der Waals surface area contributed by atoms with Crippen LogP contribution in [0, 0.1) is 0 Å². The van der Waals surface area contributed by atoms with Crippen LogP contribution in [0.4, 0.5) is 5.69 Å². The number of para-hydroxylation sites is 1. The Labute approximate surface area is 73.5 Å². The molecule has 1 aromatic rings. The average molecular weight is 162 g/mol. The standard InChI is InChI=1S/C10H14N2/c1-3-11-12(4-2)10-8-6-5-7-9-10/h3,5-9H,4H2,1-2H3. The zero-order valence-corrected chi connectivity index (χ0v) is 7.57. The number of hydrogen-bond acceptors (Lipinski definition) is 2. The summed E-state index contributed by atoms with van der Waals surface area (Å²) in [6.07, 6.45) is 1.80. The van der Waals surface area contributed by atoms with Gasteiger partial charge in [-0.3, -0.25) is 5.01 Å². The van der Waals surface area contributed by atoms with E-state index in [4.69, 9.17) is 0 Å². The molecule has 0 heterocycles. The zero-order chi connectivity index (χ0) is 8.81. The lowest BCUT2D eigenvalue weighted by Gasteiger charge is -2.15. The van der Waals surface area contributed by atoms with Gasteiger partial charge in [0.05, 0.1) is 5.69 Å². The van der Waals surface area contributed by atoms with E-state index in [9.17, 15) is 0 Å². The third-order valence-corrected chi connectivity index (χ3v) is 1.61. The summed E-state index contributed by atoms with van der Waals surface area (Å²) in [5.41, 5.74) is 1.14. The molecule has 2 nitrogen and oxygen atoms in total. The van der Waals surface area contributed by atoms with Gasteiger partial charge in [0.15, 0.2) is 0 Å². The topological polar surface area (TPSA) is 15.6 Å². The zero-order valence-electron chi connectivity index (χ0n) is 7.57. The fourth-order valence-electron chi connectivity index (χ4n) is 1.07. The van der Waals surface area contributed by atoms with Gasteiger partial charge in [0.25, 0.3) is 0 Å². The molecule has 64 valence electrons. The van der Waals surface area contributed by atoms with Crippen LogP contribution in [-0.4, -0.2) is 12.8 Å². The van der Waals surface area contributed by atoms with Gasteiger partial charge < -0.3 is 0 Å². The van der Waals surface area contributed by atoms with E-state index in [1.807, 2.05) is 30.1 Å². The Morgan fingerprint density at radius 3 is 2.50 bits per heavy atom. The monoisotopic (exact) mass is 162 g/mol. The third kappa shape index (κ3) is 2.09. The fraction of sp³-hybridized carbons (Fsp3) is 0.300. The van der Waals surface area contributed by atoms with Gasteiger partial charge in [-0.15, -0.1) is 0 Å². The molecule has 0 saturated heterocycles. The number of benzene rings is 1. The summed E-state index contributed by atoms with van der Waals surface area (Å²) in [4.78, 5) is 0. The Morgan fingerprint density at radius 2 is 2.00 bits per heavy atom. The van der Waals surface area contributed by atoms with E-state index in [1.165, 1.54) is 0 Å². The number of anilines is 1. The molecule has 0 aliphatic carbocycles. The number of hydrazone groups is 1. The second-order valence-electron chi connectivity index (χ2n) is 2.42. The largest absolute Gasteiger partial charge is 0.266 e. The van der Waals surface area contributed by atoms with E-state index in [-0.39, 0.29) is 0 Å². The molecular weight excluding hydrogens is 148 g/mol. The third-order valence-electron chi connectivity index (χ3n) is 1.61. The molecule has 0 unspecified atom stereocenters. The van der Waals surface area contributed by atoms with E-state index in [1.54, 1.807) is 6.21 Å². The Balaban J connectivity index is 2.80. The first kappa shape index (κ1) is 8.78. The minimum Gasteiger partial charge on any atom is -0.266 e. The molecule has 0 aliphatic heterocycles. The lowest BCUT2D eigenvalue weighted by Crippen LogP contribution is -2.14. The quantitative estimate of drug-likeness (QED) is 0.492. The van der Waals surface area contributed by atoms with Crippen LogP contribution in [0.15, 0.2) is 35.4 Å². The normalized spacial score (nSPS) is 10.5. The molecule has 0 bridgehead atoms. The fourth-order valence-corrected chi connectivity index (χ4v) is 1.07. The van der Waals surface area contributed by atoms with Crippen LogP contribution < -0.4 is 5.01 Å². The average Bonchev–Trinajstić information content (AvgIpc) is 2.15. The summed E-state index contributed by atoms with van der Waals surface area (Å²) in [5.74, 6) is 0. The Kier molecular flexibility index (Phi) is 3.33. The molecule has 0 amide bonds. The molecule has 0 spiro atoms. The first-order valence-electron chi connectivity index (χ1n) is 4.19. The Bertz CT molecular complexity index is 241. The van der Waals surface area contributed by atoms with Gasteiger partial charge in [-0.25, -0.2) is 0 Å².